The molecule has 1 nitrogen and oxygen atoms in total. The summed E-state index contributed by atoms with van der Waals surface area (Å²) in [4.78, 5) is 10.2. The summed E-state index contributed by atoms with van der Waals surface area (Å²) in [7, 11) is 0. The van der Waals surface area contributed by atoms with Crippen LogP contribution in [0.5, 0.6) is 0 Å². The van der Waals surface area contributed by atoms with Crippen LogP contribution in [0.15, 0.2) is 30.3 Å². The first kappa shape index (κ1) is 9.97. The van der Waals surface area contributed by atoms with Crippen molar-refractivity contribution >= 4 is 5.78 Å². The van der Waals surface area contributed by atoms with E-state index in [-0.39, 0.29) is 0 Å². The number of carbonyl (C=O) groups is 1. The molecular formula is C12H16O. The lowest BCUT2D eigenvalue weighted by Crippen LogP contribution is -1.81. The number of hydrogen-bond donors (Lipinski definition) is 0. The second kappa shape index (κ2) is 5.52. The fraction of sp³-hybridized carbons (Fsp3) is 0.417. The molecule has 1 saturated carbocycles. The van der Waals surface area contributed by atoms with Gasteiger partial charge in [0.15, 0.2) is 0 Å². The molecule has 1 fully saturated rings. The van der Waals surface area contributed by atoms with E-state index in [1.165, 1.54) is 5.56 Å². The lowest BCUT2D eigenvalue weighted by atomic mass is 10.2. The third-order valence-electron chi connectivity index (χ3n) is 2.10. The molecule has 0 N–H and O–H groups in total. The number of rotatable bonds is 0. The topological polar surface area (TPSA) is 17.1 Å². The molecule has 1 aliphatic carbocycles. The van der Waals surface area contributed by atoms with Crippen molar-refractivity contribution in [1.82, 2.24) is 0 Å². The Hall–Kier alpha value is -1.11. The zero-order valence-electron chi connectivity index (χ0n) is 8.12. The van der Waals surface area contributed by atoms with E-state index in [1.54, 1.807) is 0 Å². The largest absolute Gasteiger partial charge is 0.300 e. The third-order valence-corrected chi connectivity index (χ3v) is 2.10. The van der Waals surface area contributed by atoms with E-state index in [9.17, 15) is 4.79 Å². The molecule has 0 bridgehead atoms. The smallest absolute Gasteiger partial charge is 0.132 e. The van der Waals surface area contributed by atoms with Crippen molar-refractivity contribution in [2.45, 2.75) is 32.6 Å². The first-order valence-electron chi connectivity index (χ1n) is 4.82. The van der Waals surface area contributed by atoms with E-state index in [1.807, 2.05) is 18.2 Å². The minimum atomic E-state index is 0.454. The molecule has 0 unspecified atom stereocenters. The predicted octanol–water partition coefficient (Wildman–Crippen LogP) is 3.12. The van der Waals surface area contributed by atoms with Crippen molar-refractivity contribution in [1.29, 1.82) is 0 Å². The van der Waals surface area contributed by atoms with Gasteiger partial charge < -0.3 is 0 Å². The molecule has 0 atom stereocenters. The quantitative estimate of drug-likeness (QED) is 0.593. The van der Waals surface area contributed by atoms with Crippen LogP contribution in [0.4, 0.5) is 0 Å². The fourth-order valence-corrected chi connectivity index (χ4v) is 1.30. The molecule has 0 heterocycles. The van der Waals surface area contributed by atoms with Crippen LogP contribution in [-0.4, -0.2) is 5.78 Å². The minimum absolute atomic E-state index is 0.454. The number of benzene rings is 1. The van der Waals surface area contributed by atoms with Gasteiger partial charge in [0.1, 0.15) is 5.78 Å². The Labute approximate surface area is 79.8 Å². The summed E-state index contributed by atoms with van der Waals surface area (Å²) in [6.07, 6.45) is 3.97. The average molecular weight is 176 g/mol. The highest BCUT2D eigenvalue weighted by Gasteiger charge is 2.07. The van der Waals surface area contributed by atoms with Crippen LogP contribution >= 0.6 is 0 Å². The van der Waals surface area contributed by atoms with E-state index in [2.05, 4.69) is 19.1 Å². The molecule has 0 radical (unpaired) electrons. The summed E-state index contributed by atoms with van der Waals surface area (Å²) in [6, 6.07) is 10.3. The van der Waals surface area contributed by atoms with Gasteiger partial charge in [-0.25, -0.2) is 0 Å². The standard InChI is InChI=1S/C7H8.C5H8O/c1-7-5-3-2-4-6-7;6-5-3-1-2-4-5/h2-6H,1H3;1-4H2. The summed E-state index contributed by atoms with van der Waals surface area (Å²) >= 11 is 0. The van der Waals surface area contributed by atoms with Gasteiger partial charge >= 0.3 is 0 Å². The Morgan fingerprint density at radius 3 is 1.77 bits per heavy atom. The van der Waals surface area contributed by atoms with E-state index >= 15 is 0 Å². The highest BCUT2D eigenvalue weighted by atomic mass is 16.1. The second-order valence-electron chi connectivity index (χ2n) is 3.40. The van der Waals surface area contributed by atoms with Crippen LogP contribution in [0.2, 0.25) is 0 Å². The minimum Gasteiger partial charge on any atom is -0.300 e. The number of hydrogen-bond acceptors (Lipinski definition) is 1. The van der Waals surface area contributed by atoms with Gasteiger partial charge in [-0.2, -0.15) is 0 Å². The molecule has 2 rings (SSSR count). The Bertz CT molecular complexity index is 243. The number of aryl methyl sites for hydroxylation is 1. The van der Waals surface area contributed by atoms with Crippen molar-refractivity contribution in [2.24, 2.45) is 0 Å². The molecule has 0 aliphatic heterocycles. The van der Waals surface area contributed by atoms with Gasteiger partial charge in [-0.3, -0.25) is 4.79 Å². The van der Waals surface area contributed by atoms with Gasteiger partial charge in [0.05, 0.1) is 0 Å². The molecule has 70 valence electrons. The first-order chi connectivity index (χ1) is 6.29. The molecule has 1 aromatic carbocycles. The molecule has 13 heavy (non-hydrogen) atoms. The molecule has 0 aromatic heterocycles. The molecule has 1 aliphatic rings. The van der Waals surface area contributed by atoms with Crippen LogP contribution in [-0.2, 0) is 4.79 Å². The van der Waals surface area contributed by atoms with E-state index in [0.29, 0.717) is 5.78 Å². The van der Waals surface area contributed by atoms with Crippen molar-refractivity contribution < 1.29 is 4.79 Å². The van der Waals surface area contributed by atoms with E-state index in [4.69, 9.17) is 0 Å². The van der Waals surface area contributed by atoms with Gasteiger partial charge in [-0.1, -0.05) is 35.9 Å². The Kier molecular flexibility index (Phi) is 4.24. The lowest BCUT2D eigenvalue weighted by molar-refractivity contribution is -0.117. The maximum absolute atomic E-state index is 10.2. The van der Waals surface area contributed by atoms with E-state index in [0.717, 1.165) is 25.7 Å². The summed E-state index contributed by atoms with van der Waals surface area (Å²) in [5.41, 5.74) is 1.32. The van der Waals surface area contributed by atoms with Crippen molar-refractivity contribution in [3.8, 4) is 0 Å². The van der Waals surface area contributed by atoms with Gasteiger partial charge in [-0.05, 0) is 19.8 Å². The maximum Gasteiger partial charge on any atom is 0.132 e. The molecule has 0 saturated heterocycles. The second-order valence-corrected chi connectivity index (χ2v) is 3.40. The Morgan fingerprint density at radius 2 is 1.54 bits per heavy atom. The van der Waals surface area contributed by atoms with Gasteiger partial charge in [0, 0.05) is 12.8 Å². The monoisotopic (exact) mass is 176 g/mol. The molecular weight excluding hydrogens is 160 g/mol. The summed E-state index contributed by atoms with van der Waals surface area (Å²) < 4.78 is 0. The number of carbonyl (C=O) groups excluding carboxylic acids is 1. The van der Waals surface area contributed by atoms with E-state index < -0.39 is 0 Å². The maximum atomic E-state index is 10.2. The zero-order chi connectivity index (χ0) is 9.52. The van der Waals surface area contributed by atoms with Crippen LogP contribution < -0.4 is 0 Å². The van der Waals surface area contributed by atoms with Crippen LogP contribution in [0.1, 0.15) is 31.2 Å². The van der Waals surface area contributed by atoms with Gasteiger partial charge in [-0.15, -0.1) is 0 Å². The lowest BCUT2D eigenvalue weighted by Gasteiger charge is -1.82. The third kappa shape index (κ3) is 4.46. The van der Waals surface area contributed by atoms with Crippen molar-refractivity contribution in [3.05, 3.63) is 35.9 Å². The fourth-order valence-electron chi connectivity index (χ4n) is 1.30. The zero-order valence-corrected chi connectivity index (χ0v) is 8.12. The normalized spacial score (nSPS) is 15.0. The van der Waals surface area contributed by atoms with Crippen LogP contribution in [0.25, 0.3) is 0 Å². The molecule has 0 amide bonds. The Balaban J connectivity index is 0.000000132. The summed E-state index contributed by atoms with van der Waals surface area (Å²) in [5.74, 6) is 0.454. The number of ketones is 1. The Morgan fingerprint density at radius 1 is 1.00 bits per heavy atom. The van der Waals surface area contributed by atoms with Crippen molar-refractivity contribution in [3.63, 3.8) is 0 Å². The highest BCUT2D eigenvalue weighted by molar-refractivity contribution is 5.79. The highest BCUT2D eigenvalue weighted by Crippen LogP contribution is 2.11. The predicted molar refractivity (Wildman–Crippen MR) is 54.7 cm³/mol. The number of Topliss-reactive ketones (excluding diaryl/α,β-unsaturated/α-hetero) is 1. The van der Waals surface area contributed by atoms with Gasteiger partial charge in [0.25, 0.3) is 0 Å². The van der Waals surface area contributed by atoms with Crippen molar-refractivity contribution in [2.75, 3.05) is 0 Å². The van der Waals surface area contributed by atoms with Crippen LogP contribution in [0, 0.1) is 6.92 Å². The molecule has 1 heteroatoms. The average Bonchev–Trinajstić information content (AvgIpc) is 2.58. The SMILES string of the molecule is Cc1ccccc1.O=C1CCCC1. The molecule has 1 aromatic rings. The summed E-state index contributed by atoms with van der Waals surface area (Å²) in [6.45, 7) is 2.08. The van der Waals surface area contributed by atoms with Crippen LogP contribution in [0.3, 0.4) is 0 Å². The van der Waals surface area contributed by atoms with Gasteiger partial charge in [0.2, 0.25) is 0 Å². The summed E-state index contributed by atoms with van der Waals surface area (Å²) in [5, 5.41) is 0. The molecule has 0 spiro atoms. The first-order valence-corrected chi connectivity index (χ1v) is 4.82.